The lowest BCUT2D eigenvalue weighted by atomic mass is 9.76. The molecule has 0 aliphatic rings. The number of rotatable bonds is 12. The van der Waals surface area contributed by atoms with Crippen molar-refractivity contribution in [3.8, 4) is 0 Å². The smallest absolute Gasteiger partial charge is 0.317 e. The molecule has 2 aromatic carbocycles. The van der Waals surface area contributed by atoms with Crippen molar-refractivity contribution in [3.63, 3.8) is 0 Å². The van der Waals surface area contributed by atoms with Gasteiger partial charge in [0.05, 0.1) is 0 Å². The van der Waals surface area contributed by atoms with E-state index in [1.165, 1.54) is 0 Å². The minimum Gasteiger partial charge on any atom is -0.464 e. The second kappa shape index (κ2) is 11.7. The first-order valence-electron chi connectivity index (χ1n) is 11.4. The first-order chi connectivity index (χ1) is 14.9. The minimum atomic E-state index is -0.537. The third-order valence-corrected chi connectivity index (χ3v) is 6.79. The summed E-state index contributed by atoms with van der Waals surface area (Å²) in [7, 11) is 0. The quantitative estimate of drug-likeness (QED) is 0.311. The molecular formula is C27H36O4. The second-order valence-corrected chi connectivity index (χ2v) is 8.21. The SMILES string of the molecule is CCC(CC)(COC(=O)CC(=O)OCC(CC)(CC)c1ccccc1)c1ccccc1. The standard InChI is InChI=1S/C27H36O4/c1-5-26(6-2,22-15-11-9-12-16-22)20-30-24(28)19-25(29)31-21-27(7-3,8-4)23-17-13-10-14-18-23/h9-18H,5-8,19-21H2,1-4H3. The summed E-state index contributed by atoms with van der Waals surface area (Å²) < 4.78 is 11.1. The van der Waals surface area contributed by atoms with E-state index in [4.69, 9.17) is 9.47 Å². The molecule has 4 heteroatoms. The van der Waals surface area contributed by atoms with Gasteiger partial charge in [-0.15, -0.1) is 0 Å². The van der Waals surface area contributed by atoms with E-state index in [0.717, 1.165) is 36.8 Å². The van der Waals surface area contributed by atoms with Crippen molar-refractivity contribution in [1.29, 1.82) is 0 Å². The molecule has 168 valence electrons. The van der Waals surface area contributed by atoms with Crippen LogP contribution < -0.4 is 0 Å². The fraction of sp³-hybridized carbons (Fsp3) is 0.481. The Bertz CT molecular complexity index is 736. The molecule has 0 bridgehead atoms. The zero-order valence-electron chi connectivity index (χ0n) is 19.4. The summed E-state index contributed by atoms with van der Waals surface area (Å²) in [5.41, 5.74) is 1.81. The molecule has 0 fully saturated rings. The summed E-state index contributed by atoms with van der Waals surface area (Å²) in [4.78, 5) is 24.7. The van der Waals surface area contributed by atoms with Crippen LogP contribution in [0.5, 0.6) is 0 Å². The molecule has 0 heterocycles. The van der Waals surface area contributed by atoms with E-state index >= 15 is 0 Å². The Labute approximate surface area is 187 Å². The summed E-state index contributed by atoms with van der Waals surface area (Å²) in [6.45, 7) is 8.89. The lowest BCUT2D eigenvalue weighted by molar-refractivity contribution is -0.156. The van der Waals surface area contributed by atoms with Crippen LogP contribution in [-0.2, 0) is 29.9 Å². The van der Waals surface area contributed by atoms with E-state index < -0.39 is 11.9 Å². The fourth-order valence-corrected chi connectivity index (χ4v) is 4.13. The van der Waals surface area contributed by atoms with E-state index in [1.54, 1.807) is 0 Å². The van der Waals surface area contributed by atoms with Crippen molar-refractivity contribution in [3.05, 3.63) is 71.8 Å². The van der Waals surface area contributed by atoms with Gasteiger partial charge >= 0.3 is 11.9 Å². The highest BCUT2D eigenvalue weighted by Gasteiger charge is 2.32. The van der Waals surface area contributed by atoms with Crippen molar-refractivity contribution in [2.75, 3.05) is 13.2 Å². The van der Waals surface area contributed by atoms with Crippen LogP contribution in [-0.4, -0.2) is 25.2 Å². The topological polar surface area (TPSA) is 52.6 Å². The summed E-state index contributed by atoms with van der Waals surface area (Å²) >= 11 is 0. The molecule has 0 aromatic heterocycles. The predicted octanol–water partition coefficient (Wildman–Crippen LogP) is 5.98. The number of esters is 2. The van der Waals surface area contributed by atoms with E-state index in [0.29, 0.717) is 0 Å². The van der Waals surface area contributed by atoms with Crippen LogP contribution in [0.1, 0.15) is 70.9 Å². The summed E-state index contributed by atoms with van der Waals surface area (Å²) in [6.07, 6.45) is 3.02. The van der Waals surface area contributed by atoms with Crippen LogP contribution in [0, 0.1) is 0 Å². The largest absolute Gasteiger partial charge is 0.464 e. The molecule has 0 spiro atoms. The van der Waals surface area contributed by atoms with Gasteiger partial charge < -0.3 is 9.47 Å². The Morgan fingerprint density at radius 1 is 0.613 bits per heavy atom. The Balaban J connectivity index is 1.94. The molecule has 0 aliphatic heterocycles. The molecule has 0 saturated carbocycles. The average Bonchev–Trinajstić information content (AvgIpc) is 2.82. The van der Waals surface area contributed by atoms with E-state index in [9.17, 15) is 9.59 Å². The van der Waals surface area contributed by atoms with Crippen LogP contribution in [0.25, 0.3) is 0 Å². The predicted molar refractivity (Wildman–Crippen MR) is 124 cm³/mol. The average molecular weight is 425 g/mol. The number of hydrogen-bond donors (Lipinski definition) is 0. The summed E-state index contributed by atoms with van der Waals surface area (Å²) in [5.74, 6) is -1.07. The van der Waals surface area contributed by atoms with Crippen molar-refractivity contribution in [2.24, 2.45) is 0 Å². The zero-order chi connectivity index (χ0) is 22.7. The van der Waals surface area contributed by atoms with Crippen LogP contribution in [0.2, 0.25) is 0 Å². The minimum absolute atomic E-state index is 0.242. The van der Waals surface area contributed by atoms with Crippen molar-refractivity contribution in [2.45, 2.75) is 70.6 Å². The fourth-order valence-electron chi connectivity index (χ4n) is 4.13. The number of hydrogen-bond acceptors (Lipinski definition) is 4. The number of carbonyl (C=O) groups is 2. The molecule has 31 heavy (non-hydrogen) atoms. The molecule has 0 saturated heterocycles. The van der Waals surface area contributed by atoms with Gasteiger partial charge in [0.15, 0.2) is 0 Å². The first-order valence-corrected chi connectivity index (χ1v) is 11.4. The molecule has 4 nitrogen and oxygen atoms in total. The second-order valence-electron chi connectivity index (χ2n) is 8.21. The monoisotopic (exact) mass is 424 g/mol. The third kappa shape index (κ3) is 6.19. The van der Waals surface area contributed by atoms with Gasteiger partial charge in [0.25, 0.3) is 0 Å². The lowest BCUT2D eigenvalue weighted by Crippen LogP contribution is -2.33. The number of ether oxygens (including phenoxy) is 2. The molecular weight excluding hydrogens is 388 g/mol. The summed E-state index contributed by atoms with van der Waals surface area (Å²) in [5, 5.41) is 0. The van der Waals surface area contributed by atoms with Crippen LogP contribution >= 0.6 is 0 Å². The van der Waals surface area contributed by atoms with Crippen LogP contribution in [0.4, 0.5) is 0 Å². The van der Waals surface area contributed by atoms with E-state index in [2.05, 4.69) is 52.0 Å². The number of carbonyl (C=O) groups excluding carboxylic acids is 2. The van der Waals surface area contributed by atoms with Gasteiger partial charge in [-0.1, -0.05) is 88.4 Å². The van der Waals surface area contributed by atoms with Gasteiger partial charge in [0, 0.05) is 10.8 Å². The highest BCUT2D eigenvalue weighted by atomic mass is 16.6. The van der Waals surface area contributed by atoms with Crippen molar-refractivity contribution < 1.29 is 19.1 Å². The molecule has 0 atom stereocenters. The Morgan fingerprint density at radius 2 is 0.935 bits per heavy atom. The van der Waals surface area contributed by atoms with Gasteiger partial charge in [0.2, 0.25) is 0 Å². The van der Waals surface area contributed by atoms with Gasteiger partial charge in [-0.05, 0) is 36.8 Å². The van der Waals surface area contributed by atoms with Crippen LogP contribution in [0.3, 0.4) is 0 Å². The molecule has 0 amide bonds. The molecule has 0 aliphatic carbocycles. The van der Waals surface area contributed by atoms with Gasteiger partial charge in [0.1, 0.15) is 19.6 Å². The zero-order valence-corrected chi connectivity index (χ0v) is 19.4. The Kier molecular flexibility index (Phi) is 9.29. The Morgan fingerprint density at radius 3 is 1.23 bits per heavy atom. The van der Waals surface area contributed by atoms with Gasteiger partial charge in [-0.25, -0.2) is 0 Å². The first kappa shape index (κ1) is 24.6. The highest BCUT2D eigenvalue weighted by Crippen LogP contribution is 2.33. The van der Waals surface area contributed by atoms with Gasteiger partial charge in [-0.3, -0.25) is 9.59 Å². The maximum atomic E-state index is 12.4. The molecule has 2 rings (SSSR count). The van der Waals surface area contributed by atoms with E-state index in [1.807, 2.05) is 36.4 Å². The molecule has 0 radical (unpaired) electrons. The lowest BCUT2D eigenvalue weighted by Gasteiger charge is -2.32. The van der Waals surface area contributed by atoms with Crippen LogP contribution in [0.15, 0.2) is 60.7 Å². The maximum absolute atomic E-state index is 12.4. The van der Waals surface area contributed by atoms with Crippen molar-refractivity contribution >= 4 is 11.9 Å². The van der Waals surface area contributed by atoms with E-state index in [-0.39, 0.29) is 30.5 Å². The Hall–Kier alpha value is -2.62. The molecule has 0 unspecified atom stereocenters. The third-order valence-electron chi connectivity index (χ3n) is 6.79. The van der Waals surface area contributed by atoms with Gasteiger partial charge in [-0.2, -0.15) is 0 Å². The molecule has 0 N–H and O–H groups in total. The molecule has 2 aromatic rings. The van der Waals surface area contributed by atoms with Crippen molar-refractivity contribution in [1.82, 2.24) is 0 Å². The maximum Gasteiger partial charge on any atom is 0.317 e. The highest BCUT2D eigenvalue weighted by molar-refractivity contribution is 5.91. The number of benzene rings is 2. The summed E-state index contributed by atoms with van der Waals surface area (Å²) in [6, 6.07) is 20.2. The normalized spacial score (nSPS) is 11.7.